The molecule has 0 unspecified atom stereocenters. The van der Waals surface area contributed by atoms with Gasteiger partial charge in [-0.15, -0.1) is 0 Å². The number of amides is 2. The van der Waals surface area contributed by atoms with Gasteiger partial charge in [-0.1, -0.05) is 78.4 Å². The van der Waals surface area contributed by atoms with Gasteiger partial charge in [0.1, 0.15) is 6.04 Å². The van der Waals surface area contributed by atoms with Gasteiger partial charge < -0.3 is 5.32 Å². The van der Waals surface area contributed by atoms with Crippen LogP contribution >= 0.6 is 23.5 Å². The average molecular weight is 633 g/mol. The van der Waals surface area contributed by atoms with Gasteiger partial charge in [-0.3, -0.25) is 9.59 Å². The van der Waals surface area contributed by atoms with Crippen LogP contribution in [0.3, 0.4) is 0 Å². The van der Waals surface area contributed by atoms with E-state index in [0.717, 1.165) is 39.3 Å². The Labute approximate surface area is 263 Å². The summed E-state index contributed by atoms with van der Waals surface area (Å²) in [6.07, 6.45) is 2.17. The van der Waals surface area contributed by atoms with Crippen molar-refractivity contribution in [2.24, 2.45) is 0 Å². The Morgan fingerprint density at radius 3 is 2.16 bits per heavy atom. The number of carbonyl (C=O) groups is 2. The summed E-state index contributed by atoms with van der Waals surface area (Å²) < 4.78 is 28.0. The van der Waals surface area contributed by atoms with Crippen molar-refractivity contribution in [2.45, 2.75) is 42.7 Å². The summed E-state index contributed by atoms with van der Waals surface area (Å²) in [6, 6.07) is 29.1. The standard InChI is InChI=1S/C34H36N2O4S3/c1-24-13-16-28(17-14-24)43(39,40)36-34(38)32(19-20-41-3)35-33(37)30-18-15-27(23-42-22-26-10-5-4-6-11-26)21-31(30)29-12-8-7-9-25(29)2/h4-18,21,32H,19-20,22-23H2,1-3H3,(H,35,37)(H,36,38)/t32-/m0/s1. The molecule has 0 fully saturated rings. The predicted molar refractivity (Wildman–Crippen MR) is 179 cm³/mol. The number of thioether (sulfide) groups is 2. The highest BCUT2D eigenvalue weighted by Gasteiger charge is 2.27. The maximum atomic E-state index is 13.8. The summed E-state index contributed by atoms with van der Waals surface area (Å²) in [6.45, 7) is 3.85. The second-order valence-corrected chi connectivity index (χ2v) is 13.9. The molecule has 4 aromatic carbocycles. The van der Waals surface area contributed by atoms with Gasteiger partial charge in [-0.2, -0.15) is 23.5 Å². The van der Waals surface area contributed by atoms with Gasteiger partial charge in [0.15, 0.2) is 0 Å². The molecular weight excluding hydrogens is 597 g/mol. The van der Waals surface area contributed by atoms with Gasteiger partial charge in [0.05, 0.1) is 4.90 Å². The van der Waals surface area contributed by atoms with E-state index in [-0.39, 0.29) is 11.3 Å². The molecule has 0 spiro atoms. The molecule has 9 heteroatoms. The fourth-order valence-corrected chi connectivity index (χ4v) is 6.99. The molecule has 0 aliphatic rings. The summed E-state index contributed by atoms with van der Waals surface area (Å²) in [5, 5.41) is 2.83. The molecule has 0 aromatic heterocycles. The summed E-state index contributed by atoms with van der Waals surface area (Å²) in [4.78, 5) is 27.0. The lowest BCUT2D eigenvalue weighted by Crippen LogP contribution is -2.48. The third kappa shape index (κ3) is 8.98. The van der Waals surface area contributed by atoms with E-state index in [2.05, 4.69) is 22.2 Å². The number of carbonyl (C=O) groups excluding carboxylic acids is 2. The highest BCUT2D eigenvalue weighted by atomic mass is 32.2. The number of rotatable bonds is 13. The van der Waals surface area contributed by atoms with Crippen molar-refractivity contribution in [1.82, 2.24) is 10.0 Å². The van der Waals surface area contributed by atoms with E-state index in [1.54, 1.807) is 30.0 Å². The zero-order valence-corrected chi connectivity index (χ0v) is 27.0. The van der Waals surface area contributed by atoms with Crippen molar-refractivity contribution in [2.75, 3.05) is 12.0 Å². The monoisotopic (exact) mass is 632 g/mol. The third-order valence-corrected chi connectivity index (χ3v) is 10.0. The van der Waals surface area contributed by atoms with Crippen molar-refractivity contribution in [3.8, 4) is 11.1 Å². The molecule has 2 N–H and O–H groups in total. The molecular formula is C34H36N2O4S3. The molecule has 4 rings (SSSR count). The first-order valence-corrected chi connectivity index (χ1v) is 17.9. The Kier molecular flexibility index (Phi) is 11.5. The number of aryl methyl sites for hydroxylation is 2. The first-order valence-electron chi connectivity index (χ1n) is 13.9. The molecule has 0 radical (unpaired) electrons. The van der Waals surface area contributed by atoms with E-state index in [9.17, 15) is 18.0 Å². The molecule has 0 heterocycles. The maximum absolute atomic E-state index is 13.8. The minimum absolute atomic E-state index is 0.0102. The second-order valence-electron chi connectivity index (χ2n) is 10.3. The topological polar surface area (TPSA) is 92.3 Å². The minimum Gasteiger partial charge on any atom is -0.340 e. The number of benzene rings is 4. The molecule has 0 aliphatic heterocycles. The van der Waals surface area contributed by atoms with Crippen LogP contribution in [0.1, 0.15) is 39.0 Å². The molecule has 1 atom stereocenters. The smallest absolute Gasteiger partial charge is 0.264 e. The molecule has 0 bridgehead atoms. The van der Waals surface area contributed by atoms with Crippen molar-refractivity contribution in [1.29, 1.82) is 0 Å². The minimum atomic E-state index is -4.10. The van der Waals surface area contributed by atoms with Gasteiger partial charge in [-0.05, 0) is 84.4 Å². The van der Waals surface area contributed by atoms with Crippen LogP contribution in [0, 0.1) is 13.8 Å². The highest BCUT2D eigenvalue weighted by Crippen LogP contribution is 2.30. The molecule has 43 heavy (non-hydrogen) atoms. The fraction of sp³-hybridized carbons (Fsp3) is 0.235. The first-order chi connectivity index (χ1) is 20.7. The van der Waals surface area contributed by atoms with Crippen LogP contribution in [0.4, 0.5) is 0 Å². The number of nitrogens with one attached hydrogen (secondary N) is 2. The van der Waals surface area contributed by atoms with Crippen molar-refractivity contribution >= 4 is 45.4 Å². The third-order valence-electron chi connectivity index (χ3n) is 6.94. The van der Waals surface area contributed by atoms with Gasteiger partial charge in [-0.25, -0.2) is 13.1 Å². The number of hydrogen-bond acceptors (Lipinski definition) is 6. The summed E-state index contributed by atoms with van der Waals surface area (Å²) in [5.41, 5.74) is 6.37. The predicted octanol–water partition coefficient (Wildman–Crippen LogP) is 6.76. The molecule has 0 saturated carbocycles. The fourth-order valence-electron chi connectivity index (χ4n) is 4.56. The lowest BCUT2D eigenvalue weighted by molar-refractivity contribution is -0.121. The Morgan fingerprint density at radius 2 is 1.47 bits per heavy atom. The van der Waals surface area contributed by atoms with Crippen molar-refractivity contribution < 1.29 is 18.0 Å². The number of sulfonamides is 1. The van der Waals surface area contributed by atoms with Crippen LogP contribution in [0.2, 0.25) is 0 Å². The van der Waals surface area contributed by atoms with E-state index in [0.29, 0.717) is 11.3 Å². The first kappa shape index (κ1) is 32.4. The molecule has 6 nitrogen and oxygen atoms in total. The van der Waals surface area contributed by atoms with Crippen LogP contribution in [0.25, 0.3) is 11.1 Å². The lowest BCUT2D eigenvalue weighted by atomic mass is 9.94. The number of hydrogen-bond donors (Lipinski definition) is 2. The van der Waals surface area contributed by atoms with Gasteiger partial charge in [0.25, 0.3) is 21.8 Å². The van der Waals surface area contributed by atoms with E-state index >= 15 is 0 Å². The van der Waals surface area contributed by atoms with Crippen LogP contribution in [0.5, 0.6) is 0 Å². The molecule has 0 saturated heterocycles. The summed E-state index contributed by atoms with van der Waals surface area (Å²) in [5.74, 6) is 1.00. The van der Waals surface area contributed by atoms with Crippen LogP contribution < -0.4 is 10.0 Å². The Hall–Kier alpha value is -3.53. The molecule has 2 amide bonds. The molecule has 4 aromatic rings. The normalized spacial score (nSPS) is 12.0. The van der Waals surface area contributed by atoms with Gasteiger partial charge in [0, 0.05) is 17.1 Å². The summed E-state index contributed by atoms with van der Waals surface area (Å²) >= 11 is 3.31. The van der Waals surface area contributed by atoms with Gasteiger partial charge in [0.2, 0.25) is 0 Å². The lowest BCUT2D eigenvalue weighted by Gasteiger charge is -2.20. The Bertz CT molecular complexity index is 1660. The van der Waals surface area contributed by atoms with Crippen LogP contribution in [-0.4, -0.2) is 38.3 Å². The summed E-state index contributed by atoms with van der Waals surface area (Å²) in [7, 11) is -4.10. The van der Waals surface area contributed by atoms with Gasteiger partial charge >= 0.3 is 0 Å². The Morgan fingerprint density at radius 1 is 0.791 bits per heavy atom. The van der Waals surface area contributed by atoms with Crippen molar-refractivity contribution in [3.63, 3.8) is 0 Å². The van der Waals surface area contributed by atoms with Crippen LogP contribution in [0.15, 0.2) is 102 Å². The van der Waals surface area contributed by atoms with Crippen LogP contribution in [-0.2, 0) is 26.3 Å². The zero-order chi connectivity index (χ0) is 30.8. The van der Waals surface area contributed by atoms with E-state index < -0.39 is 27.9 Å². The maximum Gasteiger partial charge on any atom is 0.264 e. The largest absolute Gasteiger partial charge is 0.340 e. The van der Waals surface area contributed by atoms with E-state index in [1.807, 2.05) is 74.7 Å². The average Bonchev–Trinajstić information content (AvgIpc) is 3.00. The quantitative estimate of drug-likeness (QED) is 0.169. The van der Waals surface area contributed by atoms with Crippen molar-refractivity contribution in [3.05, 3.63) is 125 Å². The SMILES string of the molecule is CSCC[C@H](NC(=O)c1ccc(CSCc2ccccc2)cc1-c1ccccc1C)C(=O)NS(=O)(=O)c1ccc(C)cc1. The second kappa shape index (κ2) is 15.3. The molecule has 0 aliphatic carbocycles. The van der Waals surface area contributed by atoms with E-state index in [4.69, 9.17) is 0 Å². The molecule has 224 valence electrons. The van der Waals surface area contributed by atoms with E-state index in [1.165, 1.54) is 29.5 Å². The zero-order valence-electron chi connectivity index (χ0n) is 24.5. The Balaban J connectivity index is 1.57. The highest BCUT2D eigenvalue weighted by molar-refractivity contribution is 7.98.